The molecular formula is C13H6BrF4NO. The largest absolute Gasteiger partial charge is 0.417 e. The SMILES string of the molecule is O=C(c1cnccc1C(F)(F)F)c1cccc(F)c1Br. The number of rotatable bonds is 2. The average molecular weight is 348 g/mol. The van der Waals surface area contributed by atoms with E-state index in [0.29, 0.717) is 6.07 Å². The maximum absolute atomic E-state index is 13.4. The van der Waals surface area contributed by atoms with Gasteiger partial charge in [-0.1, -0.05) is 6.07 Å². The molecule has 1 aromatic heterocycles. The Labute approximate surface area is 119 Å². The van der Waals surface area contributed by atoms with Crippen molar-refractivity contribution >= 4 is 21.7 Å². The molecule has 0 fully saturated rings. The Kier molecular flexibility index (Phi) is 3.89. The molecule has 0 radical (unpaired) electrons. The van der Waals surface area contributed by atoms with Crippen LogP contribution in [0, 0.1) is 5.82 Å². The molecular weight excluding hydrogens is 342 g/mol. The van der Waals surface area contributed by atoms with E-state index in [-0.39, 0.29) is 10.0 Å². The summed E-state index contributed by atoms with van der Waals surface area (Å²) < 4.78 is 51.7. The zero-order valence-corrected chi connectivity index (χ0v) is 11.3. The van der Waals surface area contributed by atoms with Crippen molar-refractivity contribution < 1.29 is 22.4 Å². The Morgan fingerprint density at radius 3 is 2.50 bits per heavy atom. The molecule has 0 aliphatic rings. The van der Waals surface area contributed by atoms with Gasteiger partial charge in [0.05, 0.1) is 15.6 Å². The Morgan fingerprint density at radius 1 is 1.15 bits per heavy atom. The molecule has 0 N–H and O–H groups in total. The summed E-state index contributed by atoms with van der Waals surface area (Å²) in [5, 5.41) is 0. The smallest absolute Gasteiger partial charge is 0.288 e. The average Bonchev–Trinajstić information content (AvgIpc) is 2.40. The number of halogens is 5. The highest BCUT2D eigenvalue weighted by atomic mass is 79.9. The highest BCUT2D eigenvalue weighted by Crippen LogP contribution is 2.33. The highest BCUT2D eigenvalue weighted by Gasteiger charge is 2.35. The van der Waals surface area contributed by atoms with Crippen LogP contribution in [0.3, 0.4) is 0 Å². The van der Waals surface area contributed by atoms with Crippen LogP contribution in [-0.4, -0.2) is 10.8 Å². The fourth-order valence-corrected chi connectivity index (χ4v) is 2.09. The predicted octanol–water partition coefficient (Wildman–Crippen LogP) is 4.23. The van der Waals surface area contributed by atoms with Gasteiger partial charge in [0.1, 0.15) is 5.82 Å². The summed E-state index contributed by atoms with van der Waals surface area (Å²) in [5.41, 5.74) is -1.91. The van der Waals surface area contributed by atoms with E-state index in [0.717, 1.165) is 18.5 Å². The van der Waals surface area contributed by atoms with Crippen LogP contribution in [0.5, 0.6) is 0 Å². The van der Waals surface area contributed by atoms with Crippen LogP contribution in [0.1, 0.15) is 21.5 Å². The minimum Gasteiger partial charge on any atom is -0.288 e. The fraction of sp³-hybridized carbons (Fsp3) is 0.0769. The molecule has 0 amide bonds. The third-order valence-electron chi connectivity index (χ3n) is 2.57. The molecule has 0 aliphatic heterocycles. The number of ketones is 1. The van der Waals surface area contributed by atoms with Crippen LogP contribution < -0.4 is 0 Å². The molecule has 20 heavy (non-hydrogen) atoms. The van der Waals surface area contributed by atoms with E-state index in [1.165, 1.54) is 12.1 Å². The molecule has 2 nitrogen and oxygen atoms in total. The summed E-state index contributed by atoms with van der Waals surface area (Å²) in [7, 11) is 0. The zero-order valence-electron chi connectivity index (χ0n) is 9.71. The minimum absolute atomic E-state index is 0.179. The van der Waals surface area contributed by atoms with Gasteiger partial charge < -0.3 is 0 Å². The van der Waals surface area contributed by atoms with Gasteiger partial charge in [-0.3, -0.25) is 9.78 Å². The molecule has 104 valence electrons. The maximum atomic E-state index is 13.4. The molecule has 0 spiro atoms. The van der Waals surface area contributed by atoms with Crippen molar-refractivity contribution in [2.45, 2.75) is 6.18 Å². The van der Waals surface area contributed by atoms with Crippen molar-refractivity contribution in [3.63, 3.8) is 0 Å². The number of carbonyl (C=O) groups is 1. The predicted molar refractivity (Wildman–Crippen MR) is 66.8 cm³/mol. The van der Waals surface area contributed by atoms with E-state index in [4.69, 9.17) is 0 Å². The molecule has 0 unspecified atom stereocenters. The minimum atomic E-state index is -4.69. The van der Waals surface area contributed by atoms with Crippen molar-refractivity contribution in [1.29, 1.82) is 0 Å². The summed E-state index contributed by atoms with van der Waals surface area (Å²) >= 11 is 2.86. The van der Waals surface area contributed by atoms with Gasteiger partial charge in [-0.2, -0.15) is 13.2 Å². The van der Waals surface area contributed by atoms with Gasteiger partial charge in [0.25, 0.3) is 0 Å². The lowest BCUT2D eigenvalue weighted by Crippen LogP contribution is -2.14. The van der Waals surface area contributed by atoms with Gasteiger partial charge in [-0.15, -0.1) is 0 Å². The van der Waals surface area contributed by atoms with Gasteiger partial charge >= 0.3 is 6.18 Å². The third-order valence-corrected chi connectivity index (χ3v) is 3.37. The van der Waals surface area contributed by atoms with Crippen molar-refractivity contribution in [3.05, 3.63) is 63.6 Å². The van der Waals surface area contributed by atoms with E-state index < -0.39 is 28.9 Å². The Balaban J connectivity index is 2.58. The lowest BCUT2D eigenvalue weighted by molar-refractivity contribution is -0.137. The van der Waals surface area contributed by atoms with Gasteiger partial charge in [-0.05, 0) is 34.1 Å². The number of nitrogens with zero attached hydrogens (tertiary/aromatic N) is 1. The molecule has 0 saturated heterocycles. The van der Waals surface area contributed by atoms with E-state index in [2.05, 4.69) is 20.9 Å². The first-order chi connectivity index (χ1) is 9.32. The second-order valence-corrected chi connectivity index (χ2v) is 4.64. The summed E-state index contributed by atoms with van der Waals surface area (Å²) in [4.78, 5) is 15.7. The first-order valence-corrected chi connectivity index (χ1v) is 6.11. The van der Waals surface area contributed by atoms with E-state index in [1.807, 2.05) is 0 Å². The van der Waals surface area contributed by atoms with Crippen LogP contribution in [0.4, 0.5) is 17.6 Å². The topological polar surface area (TPSA) is 30.0 Å². The number of alkyl halides is 3. The van der Waals surface area contributed by atoms with Crippen LogP contribution >= 0.6 is 15.9 Å². The molecule has 7 heteroatoms. The molecule has 2 rings (SSSR count). The molecule has 1 aromatic carbocycles. The summed E-state index contributed by atoms with van der Waals surface area (Å²) in [6.07, 6.45) is -2.92. The molecule has 1 heterocycles. The molecule has 0 bridgehead atoms. The zero-order chi connectivity index (χ0) is 14.9. The molecule has 2 aromatic rings. The van der Waals surface area contributed by atoms with Crippen LogP contribution in [0.15, 0.2) is 41.1 Å². The number of benzene rings is 1. The maximum Gasteiger partial charge on any atom is 0.417 e. The van der Waals surface area contributed by atoms with E-state index in [9.17, 15) is 22.4 Å². The first-order valence-electron chi connectivity index (χ1n) is 5.32. The van der Waals surface area contributed by atoms with E-state index >= 15 is 0 Å². The van der Waals surface area contributed by atoms with Crippen molar-refractivity contribution in [3.8, 4) is 0 Å². The van der Waals surface area contributed by atoms with Crippen LogP contribution in [0.25, 0.3) is 0 Å². The number of pyridine rings is 1. The second kappa shape index (κ2) is 5.32. The van der Waals surface area contributed by atoms with Crippen molar-refractivity contribution in [2.24, 2.45) is 0 Å². The quantitative estimate of drug-likeness (QED) is 0.601. The standard InChI is InChI=1S/C13H6BrF4NO/c14-11-7(2-1-3-10(11)15)12(20)8-6-19-5-4-9(8)13(16,17)18/h1-6H. The number of aromatic nitrogens is 1. The van der Waals surface area contributed by atoms with E-state index in [1.54, 1.807) is 0 Å². The summed E-state index contributed by atoms with van der Waals surface area (Å²) in [5.74, 6) is -1.68. The number of hydrogen-bond donors (Lipinski definition) is 0. The van der Waals surface area contributed by atoms with Gasteiger partial charge in [0, 0.05) is 18.0 Å². The van der Waals surface area contributed by atoms with Crippen LogP contribution in [-0.2, 0) is 6.18 Å². The normalized spacial score (nSPS) is 11.4. The Morgan fingerprint density at radius 2 is 1.85 bits per heavy atom. The molecule has 0 saturated carbocycles. The molecule has 0 aliphatic carbocycles. The first kappa shape index (κ1) is 14.6. The van der Waals surface area contributed by atoms with Crippen LogP contribution in [0.2, 0.25) is 0 Å². The summed E-state index contributed by atoms with van der Waals surface area (Å²) in [6.45, 7) is 0. The van der Waals surface area contributed by atoms with Crippen molar-refractivity contribution in [2.75, 3.05) is 0 Å². The lowest BCUT2D eigenvalue weighted by Gasteiger charge is -2.12. The van der Waals surface area contributed by atoms with Gasteiger partial charge in [0.15, 0.2) is 5.78 Å². The summed E-state index contributed by atoms with van der Waals surface area (Å²) in [6, 6.07) is 4.29. The lowest BCUT2D eigenvalue weighted by atomic mass is 10.00. The Bertz CT molecular complexity index is 670. The van der Waals surface area contributed by atoms with Crippen molar-refractivity contribution in [1.82, 2.24) is 4.98 Å². The number of hydrogen-bond acceptors (Lipinski definition) is 2. The fourth-order valence-electron chi connectivity index (χ4n) is 1.65. The van der Waals surface area contributed by atoms with Gasteiger partial charge in [-0.25, -0.2) is 4.39 Å². The molecule has 0 atom stereocenters. The second-order valence-electron chi connectivity index (χ2n) is 3.85. The Hall–Kier alpha value is -1.76. The highest BCUT2D eigenvalue weighted by molar-refractivity contribution is 9.10. The monoisotopic (exact) mass is 347 g/mol. The third kappa shape index (κ3) is 2.72. The van der Waals surface area contributed by atoms with Gasteiger partial charge in [0.2, 0.25) is 0 Å². The number of carbonyl (C=O) groups excluding carboxylic acids is 1.